The Morgan fingerprint density at radius 3 is 2.62 bits per heavy atom. The van der Waals surface area contributed by atoms with Crippen LogP contribution in [-0.2, 0) is 26.0 Å². The Morgan fingerprint density at radius 1 is 1.25 bits per heavy atom. The summed E-state index contributed by atoms with van der Waals surface area (Å²) in [5, 5.41) is 8.61. The van der Waals surface area contributed by atoms with Gasteiger partial charge in [0.05, 0.1) is 4.90 Å². The van der Waals surface area contributed by atoms with Gasteiger partial charge < -0.3 is 10.0 Å². The Morgan fingerprint density at radius 2 is 1.96 bits per heavy atom. The quantitative estimate of drug-likeness (QED) is 0.689. The van der Waals surface area contributed by atoms with Crippen molar-refractivity contribution in [3.63, 3.8) is 0 Å². The molecule has 0 aromatic heterocycles. The van der Waals surface area contributed by atoms with E-state index in [-0.39, 0.29) is 23.6 Å². The molecule has 8 heteroatoms. The number of aliphatic carboxylic acids is 1. The van der Waals surface area contributed by atoms with Crippen molar-refractivity contribution in [2.75, 3.05) is 18.0 Å². The molecular weight excluding hydrogens is 332 g/mol. The van der Waals surface area contributed by atoms with E-state index in [1.165, 1.54) is 6.07 Å². The molecule has 0 fully saturated rings. The normalized spacial score (nSPS) is 13.8. The summed E-state index contributed by atoms with van der Waals surface area (Å²) in [4.78, 5) is 24.6. The summed E-state index contributed by atoms with van der Waals surface area (Å²) in [6.45, 7) is 2.53. The number of rotatable bonds is 8. The highest BCUT2D eigenvalue weighted by Crippen LogP contribution is 2.31. The number of unbranched alkanes of at least 4 members (excludes halogenated alkanes) is 1. The van der Waals surface area contributed by atoms with Gasteiger partial charge in [-0.05, 0) is 37.0 Å². The molecule has 2 rings (SSSR count). The lowest BCUT2D eigenvalue weighted by Crippen LogP contribution is -2.29. The minimum atomic E-state index is -3.56. The molecule has 1 aromatic rings. The number of carbonyl (C=O) groups excluding carboxylic acids is 1. The Bertz CT molecular complexity index is 730. The molecule has 0 aliphatic carbocycles. The lowest BCUT2D eigenvalue weighted by molar-refractivity contribution is -0.137. The number of fused-ring (bicyclic) bond motifs is 1. The van der Waals surface area contributed by atoms with E-state index in [9.17, 15) is 18.0 Å². The highest BCUT2D eigenvalue weighted by atomic mass is 32.2. The largest absolute Gasteiger partial charge is 0.481 e. The second-order valence-electron chi connectivity index (χ2n) is 5.69. The van der Waals surface area contributed by atoms with E-state index < -0.39 is 16.0 Å². The molecule has 0 saturated carbocycles. The van der Waals surface area contributed by atoms with Gasteiger partial charge in [-0.1, -0.05) is 13.0 Å². The van der Waals surface area contributed by atoms with Crippen molar-refractivity contribution >= 4 is 27.6 Å². The van der Waals surface area contributed by atoms with Crippen molar-refractivity contribution in [2.24, 2.45) is 0 Å². The summed E-state index contributed by atoms with van der Waals surface area (Å²) < 4.78 is 26.7. The summed E-state index contributed by atoms with van der Waals surface area (Å²) >= 11 is 0. The van der Waals surface area contributed by atoms with E-state index in [4.69, 9.17) is 5.11 Å². The fourth-order valence-corrected chi connectivity index (χ4v) is 3.81. The standard InChI is InChI=1S/C16H22N2O5S/c1-2-17-24(22,23)13-8-7-12-9-10-18(14(12)11-13)15(19)5-3-4-6-16(20)21/h7-8,11,17H,2-6,9-10H2,1H3,(H,20,21). The molecule has 2 N–H and O–H groups in total. The zero-order valence-electron chi connectivity index (χ0n) is 13.6. The first-order valence-electron chi connectivity index (χ1n) is 8.00. The lowest BCUT2D eigenvalue weighted by atomic mass is 10.1. The van der Waals surface area contributed by atoms with Crippen molar-refractivity contribution in [3.05, 3.63) is 23.8 Å². The van der Waals surface area contributed by atoms with E-state index in [1.54, 1.807) is 24.0 Å². The van der Waals surface area contributed by atoms with E-state index in [0.717, 1.165) is 5.56 Å². The SMILES string of the molecule is CCNS(=O)(=O)c1ccc2c(c1)N(C(=O)CCCCC(=O)O)CC2. The fraction of sp³-hybridized carbons (Fsp3) is 0.500. The summed E-state index contributed by atoms with van der Waals surface area (Å²) in [5.41, 5.74) is 1.58. The molecule has 1 aliphatic rings. The number of sulfonamides is 1. The maximum atomic E-state index is 12.4. The van der Waals surface area contributed by atoms with Crippen LogP contribution in [0.25, 0.3) is 0 Å². The number of hydrogen-bond acceptors (Lipinski definition) is 4. The number of nitrogens with zero attached hydrogens (tertiary/aromatic N) is 1. The van der Waals surface area contributed by atoms with Gasteiger partial charge in [-0.2, -0.15) is 0 Å². The molecule has 1 aromatic carbocycles. The molecule has 1 amide bonds. The molecule has 132 valence electrons. The van der Waals surface area contributed by atoms with Gasteiger partial charge in [-0.3, -0.25) is 9.59 Å². The number of anilines is 1. The number of benzene rings is 1. The van der Waals surface area contributed by atoms with Gasteiger partial charge in [0.1, 0.15) is 0 Å². The average molecular weight is 354 g/mol. The second kappa shape index (κ2) is 7.76. The molecule has 0 radical (unpaired) electrons. The number of carbonyl (C=O) groups is 2. The van der Waals surface area contributed by atoms with Gasteiger partial charge in [0.15, 0.2) is 0 Å². The van der Waals surface area contributed by atoms with Gasteiger partial charge in [0.2, 0.25) is 15.9 Å². The molecule has 0 spiro atoms. The predicted molar refractivity (Wildman–Crippen MR) is 89.5 cm³/mol. The summed E-state index contributed by atoms with van der Waals surface area (Å²) in [7, 11) is -3.56. The smallest absolute Gasteiger partial charge is 0.303 e. The Hall–Kier alpha value is -1.93. The third kappa shape index (κ3) is 4.33. The number of carboxylic acids is 1. The van der Waals surface area contributed by atoms with E-state index in [1.807, 2.05) is 0 Å². The first-order chi connectivity index (χ1) is 11.3. The number of nitrogens with one attached hydrogen (secondary N) is 1. The highest BCUT2D eigenvalue weighted by molar-refractivity contribution is 7.89. The molecule has 0 unspecified atom stereocenters. The van der Waals surface area contributed by atoms with Crippen LogP contribution in [-0.4, -0.2) is 38.5 Å². The van der Waals surface area contributed by atoms with Crippen molar-refractivity contribution in [3.8, 4) is 0 Å². The molecule has 1 aliphatic heterocycles. The van der Waals surface area contributed by atoms with Crippen LogP contribution in [0.1, 0.15) is 38.2 Å². The van der Waals surface area contributed by atoms with Crippen LogP contribution in [0, 0.1) is 0 Å². The summed E-state index contributed by atoms with van der Waals surface area (Å²) in [6, 6.07) is 4.84. The maximum Gasteiger partial charge on any atom is 0.303 e. The molecule has 0 atom stereocenters. The summed E-state index contributed by atoms with van der Waals surface area (Å²) in [5.74, 6) is -0.968. The molecular formula is C16H22N2O5S. The molecule has 1 heterocycles. The van der Waals surface area contributed by atoms with E-state index >= 15 is 0 Å². The maximum absolute atomic E-state index is 12.4. The minimum Gasteiger partial charge on any atom is -0.481 e. The third-order valence-electron chi connectivity index (χ3n) is 3.93. The van der Waals surface area contributed by atoms with E-state index in [2.05, 4.69) is 4.72 Å². The number of amides is 1. The van der Waals surface area contributed by atoms with Crippen molar-refractivity contribution in [2.45, 2.75) is 43.9 Å². The monoisotopic (exact) mass is 354 g/mol. The van der Waals surface area contributed by atoms with Crippen LogP contribution in [0.15, 0.2) is 23.1 Å². The number of carboxylic acid groups (broad SMARTS) is 1. The van der Waals surface area contributed by atoms with Gasteiger partial charge in [0.25, 0.3) is 0 Å². The third-order valence-corrected chi connectivity index (χ3v) is 5.47. The fourth-order valence-electron chi connectivity index (χ4n) is 2.75. The van der Waals surface area contributed by atoms with Crippen LogP contribution < -0.4 is 9.62 Å². The first kappa shape index (κ1) is 18.4. The number of hydrogen-bond donors (Lipinski definition) is 2. The minimum absolute atomic E-state index is 0.0505. The van der Waals surface area contributed by atoms with Crippen molar-refractivity contribution < 1.29 is 23.1 Å². The van der Waals surface area contributed by atoms with Gasteiger partial charge in [-0.15, -0.1) is 0 Å². The van der Waals surface area contributed by atoms with E-state index in [0.29, 0.717) is 38.0 Å². The summed E-state index contributed by atoms with van der Waals surface area (Å²) in [6.07, 6.45) is 1.96. The van der Waals surface area contributed by atoms with Gasteiger partial charge >= 0.3 is 5.97 Å². The van der Waals surface area contributed by atoms with Crippen LogP contribution in [0.4, 0.5) is 5.69 Å². The molecule has 0 bridgehead atoms. The van der Waals surface area contributed by atoms with Crippen molar-refractivity contribution in [1.29, 1.82) is 0 Å². The topological polar surface area (TPSA) is 104 Å². The molecule has 24 heavy (non-hydrogen) atoms. The lowest BCUT2D eigenvalue weighted by Gasteiger charge is -2.18. The zero-order chi connectivity index (χ0) is 17.7. The first-order valence-corrected chi connectivity index (χ1v) is 9.48. The molecule has 0 saturated heterocycles. The Balaban J connectivity index is 2.10. The van der Waals surface area contributed by atoms with Crippen molar-refractivity contribution in [1.82, 2.24) is 4.72 Å². The second-order valence-corrected chi connectivity index (χ2v) is 7.46. The highest BCUT2D eigenvalue weighted by Gasteiger charge is 2.26. The van der Waals surface area contributed by atoms with Crippen LogP contribution in [0.5, 0.6) is 0 Å². The van der Waals surface area contributed by atoms with Gasteiger partial charge in [-0.25, -0.2) is 13.1 Å². The van der Waals surface area contributed by atoms with Crippen LogP contribution in [0.2, 0.25) is 0 Å². The Kier molecular flexibility index (Phi) is 5.95. The zero-order valence-corrected chi connectivity index (χ0v) is 14.4. The Labute approximate surface area is 141 Å². The predicted octanol–water partition coefficient (Wildman–Crippen LogP) is 1.52. The van der Waals surface area contributed by atoms with Crippen LogP contribution in [0.3, 0.4) is 0 Å². The average Bonchev–Trinajstić information content (AvgIpc) is 2.94. The van der Waals surface area contributed by atoms with Crippen LogP contribution >= 0.6 is 0 Å². The molecule has 7 nitrogen and oxygen atoms in total. The van der Waals surface area contributed by atoms with Gasteiger partial charge in [0, 0.05) is 31.6 Å².